The zero-order valence-corrected chi connectivity index (χ0v) is 12.8. The van der Waals surface area contributed by atoms with Gasteiger partial charge in [-0.25, -0.2) is 0 Å². The normalized spacial score (nSPS) is 18.9. The van der Waals surface area contributed by atoms with Crippen LogP contribution in [0.4, 0.5) is 0 Å². The molecule has 1 heterocycles. The first-order valence-electron chi connectivity index (χ1n) is 7.33. The molecule has 4 nitrogen and oxygen atoms in total. The SMILES string of the molecule is CNC(CN1CCC(OC)CC1)c1ccccc1OC. The molecule has 0 saturated carbocycles. The molecule has 4 heteroatoms. The van der Waals surface area contributed by atoms with E-state index in [1.54, 1.807) is 7.11 Å². The number of piperidine rings is 1. The molecule has 112 valence electrons. The number of rotatable bonds is 6. The molecule has 0 amide bonds. The summed E-state index contributed by atoms with van der Waals surface area (Å²) in [6.45, 7) is 3.21. The lowest BCUT2D eigenvalue weighted by Gasteiger charge is -2.34. The molecule has 1 aromatic rings. The summed E-state index contributed by atoms with van der Waals surface area (Å²) in [4.78, 5) is 2.50. The topological polar surface area (TPSA) is 33.7 Å². The standard InChI is InChI=1S/C16H26N2O2/c1-17-15(14-6-4-5-7-16(14)20-3)12-18-10-8-13(19-2)9-11-18/h4-7,13,15,17H,8-12H2,1-3H3. The number of hydrogen-bond donors (Lipinski definition) is 1. The minimum atomic E-state index is 0.297. The van der Waals surface area contributed by atoms with E-state index in [1.165, 1.54) is 5.56 Å². The molecular formula is C16H26N2O2. The molecule has 0 bridgehead atoms. The average Bonchev–Trinajstić information content (AvgIpc) is 2.53. The van der Waals surface area contributed by atoms with Gasteiger partial charge in [-0.05, 0) is 26.0 Å². The van der Waals surface area contributed by atoms with Gasteiger partial charge >= 0.3 is 0 Å². The summed E-state index contributed by atoms with van der Waals surface area (Å²) in [6.07, 6.45) is 2.68. The van der Waals surface area contributed by atoms with Crippen molar-refractivity contribution >= 4 is 0 Å². The van der Waals surface area contributed by atoms with E-state index in [1.807, 2.05) is 26.3 Å². The van der Waals surface area contributed by atoms with Gasteiger partial charge in [0.05, 0.1) is 13.2 Å². The highest BCUT2D eigenvalue weighted by molar-refractivity contribution is 5.36. The molecular weight excluding hydrogens is 252 g/mol. The van der Waals surface area contributed by atoms with Crippen molar-refractivity contribution < 1.29 is 9.47 Å². The van der Waals surface area contributed by atoms with Gasteiger partial charge in [-0.1, -0.05) is 18.2 Å². The maximum absolute atomic E-state index is 5.47. The molecule has 0 aromatic heterocycles. The fourth-order valence-electron chi connectivity index (χ4n) is 2.89. The lowest BCUT2D eigenvalue weighted by Crippen LogP contribution is -2.41. The van der Waals surface area contributed by atoms with E-state index in [4.69, 9.17) is 9.47 Å². The molecule has 1 unspecified atom stereocenters. The number of likely N-dealkylation sites (N-methyl/N-ethyl adjacent to an activating group) is 1. The Morgan fingerprint density at radius 1 is 1.25 bits per heavy atom. The Morgan fingerprint density at radius 2 is 1.95 bits per heavy atom. The van der Waals surface area contributed by atoms with Gasteiger partial charge in [-0.15, -0.1) is 0 Å². The fourth-order valence-corrected chi connectivity index (χ4v) is 2.89. The summed E-state index contributed by atoms with van der Waals surface area (Å²) in [5.41, 5.74) is 1.23. The third kappa shape index (κ3) is 3.72. The number of benzene rings is 1. The Bertz CT molecular complexity index is 403. The lowest BCUT2D eigenvalue weighted by molar-refractivity contribution is 0.0385. The van der Waals surface area contributed by atoms with Crippen LogP contribution >= 0.6 is 0 Å². The molecule has 1 fully saturated rings. The van der Waals surface area contributed by atoms with Gasteiger partial charge in [0.2, 0.25) is 0 Å². The van der Waals surface area contributed by atoms with Crippen molar-refractivity contribution in [3.05, 3.63) is 29.8 Å². The Kier molecular flexibility index (Phi) is 5.83. The minimum absolute atomic E-state index is 0.297. The Labute approximate surface area is 122 Å². The van der Waals surface area contributed by atoms with Crippen molar-refractivity contribution in [3.8, 4) is 5.75 Å². The summed E-state index contributed by atoms with van der Waals surface area (Å²) in [6, 6.07) is 8.54. The summed E-state index contributed by atoms with van der Waals surface area (Å²) in [5, 5.41) is 3.41. The summed E-state index contributed by atoms with van der Waals surface area (Å²) in [7, 11) is 5.56. The number of nitrogens with zero attached hydrogens (tertiary/aromatic N) is 1. The monoisotopic (exact) mass is 278 g/mol. The van der Waals surface area contributed by atoms with Crippen LogP contribution in [-0.4, -0.2) is 51.9 Å². The van der Waals surface area contributed by atoms with E-state index in [0.29, 0.717) is 12.1 Å². The Morgan fingerprint density at radius 3 is 2.55 bits per heavy atom. The maximum Gasteiger partial charge on any atom is 0.123 e. The molecule has 1 aliphatic heterocycles. The van der Waals surface area contributed by atoms with Crippen LogP contribution in [0.1, 0.15) is 24.4 Å². The van der Waals surface area contributed by atoms with Gasteiger partial charge in [0.1, 0.15) is 5.75 Å². The predicted octanol–water partition coefficient (Wildman–Crippen LogP) is 2.07. The first-order chi connectivity index (χ1) is 9.78. The zero-order chi connectivity index (χ0) is 14.4. The molecule has 1 N–H and O–H groups in total. The van der Waals surface area contributed by atoms with E-state index < -0.39 is 0 Å². The van der Waals surface area contributed by atoms with E-state index >= 15 is 0 Å². The van der Waals surface area contributed by atoms with Crippen molar-refractivity contribution in [2.24, 2.45) is 0 Å². The van der Waals surface area contributed by atoms with Crippen LogP contribution in [0.2, 0.25) is 0 Å². The third-order valence-electron chi connectivity index (χ3n) is 4.17. The number of hydrogen-bond acceptors (Lipinski definition) is 4. The molecule has 0 aliphatic carbocycles. The molecule has 1 saturated heterocycles. The smallest absolute Gasteiger partial charge is 0.123 e. The number of likely N-dealkylation sites (tertiary alicyclic amines) is 1. The van der Waals surface area contributed by atoms with Crippen LogP contribution < -0.4 is 10.1 Å². The van der Waals surface area contributed by atoms with E-state index in [0.717, 1.165) is 38.2 Å². The van der Waals surface area contributed by atoms with Gasteiger partial charge in [0.15, 0.2) is 0 Å². The quantitative estimate of drug-likeness (QED) is 0.863. The highest BCUT2D eigenvalue weighted by Gasteiger charge is 2.22. The van der Waals surface area contributed by atoms with Crippen LogP contribution in [0, 0.1) is 0 Å². The molecule has 2 rings (SSSR count). The molecule has 0 radical (unpaired) electrons. The average molecular weight is 278 g/mol. The molecule has 1 aromatic carbocycles. The van der Waals surface area contributed by atoms with Crippen molar-refractivity contribution in [2.75, 3.05) is 40.9 Å². The molecule has 0 spiro atoms. The maximum atomic E-state index is 5.47. The van der Waals surface area contributed by atoms with Gasteiger partial charge in [0, 0.05) is 38.3 Å². The minimum Gasteiger partial charge on any atom is -0.496 e. The van der Waals surface area contributed by atoms with Gasteiger partial charge < -0.3 is 19.7 Å². The fraction of sp³-hybridized carbons (Fsp3) is 0.625. The van der Waals surface area contributed by atoms with Crippen LogP contribution in [0.3, 0.4) is 0 Å². The van der Waals surface area contributed by atoms with Crippen LogP contribution in [0.15, 0.2) is 24.3 Å². The van der Waals surface area contributed by atoms with Crippen molar-refractivity contribution in [3.63, 3.8) is 0 Å². The van der Waals surface area contributed by atoms with E-state index in [-0.39, 0.29) is 0 Å². The predicted molar refractivity (Wildman–Crippen MR) is 81.3 cm³/mol. The van der Waals surface area contributed by atoms with E-state index in [2.05, 4.69) is 22.3 Å². The second kappa shape index (κ2) is 7.62. The third-order valence-corrected chi connectivity index (χ3v) is 4.17. The van der Waals surface area contributed by atoms with Crippen molar-refractivity contribution in [1.82, 2.24) is 10.2 Å². The summed E-state index contributed by atoms with van der Waals surface area (Å²) in [5.74, 6) is 0.957. The van der Waals surface area contributed by atoms with Crippen molar-refractivity contribution in [1.29, 1.82) is 0 Å². The highest BCUT2D eigenvalue weighted by Crippen LogP contribution is 2.26. The largest absolute Gasteiger partial charge is 0.496 e. The Balaban J connectivity index is 1.99. The number of methoxy groups -OCH3 is 2. The van der Waals surface area contributed by atoms with Gasteiger partial charge in [-0.2, -0.15) is 0 Å². The number of ether oxygens (including phenoxy) is 2. The summed E-state index contributed by atoms with van der Waals surface area (Å²) < 4.78 is 10.9. The van der Waals surface area contributed by atoms with E-state index in [9.17, 15) is 0 Å². The second-order valence-electron chi connectivity index (χ2n) is 5.32. The van der Waals surface area contributed by atoms with Gasteiger partial charge in [-0.3, -0.25) is 0 Å². The Hall–Kier alpha value is -1.10. The summed E-state index contributed by atoms with van der Waals surface area (Å²) >= 11 is 0. The van der Waals surface area contributed by atoms with Crippen molar-refractivity contribution in [2.45, 2.75) is 25.0 Å². The zero-order valence-electron chi connectivity index (χ0n) is 12.8. The molecule has 1 aliphatic rings. The van der Waals surface area contributed by atoms with Crippen LogP contribution in [0.25, 0.3) is 0 Å². The second-order valence-corrected chi connectivity index (χ2v) is 5.32. The molecule has 1 atom stereocenters. The first-order valence-corrected chi connectivity index (χ1v) is 7.33. The van der Waals surface area contributed by atoms with Crippen LogP contribution in [-0.2, 0) is 4.74 Å². The highest BCUT2D eigenvalue weighted by atomic mass is 16.5. The molecule has 20 heavy (non-hydrogen) atoms. The van der Waals surface area contributed by atoms with Crippen LogP contribution in [0.5, 0.6) is 5.75 Å². The number of para-hydroxylation sites is 1. The van der Waals surface area contributed by atoms with Gasteiger partial charge in [0.25, 0.3) is 0 Å². The lowest BCUT2D eigenvalue weighted by atomic mass is 10.0. The number of nitrogens with one attached hydrogen (secondary N) is 1. The first kappa shape index (κ1) is 15.3.